The number of benzene rings is 2. The van der Waals surface area contributed by atoms with Crippen LogP contribution in [0.2, 0.25) is 0 Å². The van der Waals surface area contributed by atoms with Gasteiger partial charge in [0.1, 0.15) is 5.75 Å². The van der Waals surface area contributed by atoms with E-state index in [1.807, 2.05) is 45.0 Å². The maximum absolute atomic E-state index is 12.9. The van der Waals surface area contributed by atoms with Crippen LogP contribution < -0.4 is 0 Å². The number of hydrogen-bond acceptors (Lipinski definition) is 4. The van der Waals surface area contributed by atoms with Crippen molar-refractivity contribution in [3.8, 4) is 5.75 Å². The number of aryl methyl sites for hydroxylation is 1. The summed E-state index contributed by atoms with van der Waals surface area (Å²) in [5.41, 5.74) is 2.52. The number of carbonyl (C=O) groups excluding carboxylic acids is 1. The Morgan fingerprint density at radius 2 is 1.85 bits per heavy atom. The number of aromatic hydroxyl groups is 1. The molecule has 0 radical (unpaired) electrons. The van der Waals surface area contributed by atoms with Crippen LogP contribution in [0.5, 0.6) is 5.75 Å². The van der Waals surface area contributed by atoms with E-state index in [1.165, 1.54) is 11.8 Å². The molecule has 0 saturated carbocycles. The standard InChI is InChI=1S/C20H18Br2N2O2S/c1-11(2)24-19(26)17(9-13-8-14(21)10-16(22)18(13)25)27-20(24)23-15-6-4-12(3)5-7-15/h4-11,25H,1-3H3/b17-9+,23-20?. The summed E-state index contributed by atoms with van der Waals surface area (Å²) in [7, 11) is 0. The summed E-state index contributed by atoms with van der Waals surface area (Å²) in [4.78, 5) is 19.8. The lowest BCUT2D eigenvalue weighted by atomic mass is 10.2. The Hall–Kier alpha value is -1.57. The van der Waals surface area contributed by atoms with E-state index < -0.39 is 0 Å². The first-order chi connectivity index (χ1) is 12.8. The van der Waals surface area contributed by atoms with Gasteiger partial charge in [-0.1, -0.05) is 33.6 Å². The van der Waals surface area contributed by atoms with Crippen LogP contribution in [-0.4, -0.2) is 27.1 Å². The molecule has 1 N–H and O–H groups in total. The molecule has 7 heteroatoms. The van der Waals surface area contributed by atoms with Gasteiger partial charge in [0.2, 0.25) is 0 Å². The zero-order chi connectivity index (χ0) is 19.7. The van der Waals surface area contributed by atoms with Gasteiger partial charge >= 0.3 is 0 Å². The maximum atomic E-state index is 12.9. The van der Waals surface area contributed by atoms with Gasteiger partial charge in [0.15, 0.2) is 5.17 Å². The molecule has 1 fully saturated rings. The second-order valence-corrected chi connectivity index (χ2v) is 9.21. The molecule has 1 heterocycles. The molecular weight excluding hydrogens is 492 g/mol. The van der Waals surface area contributed by atoms with E-state index in [-0.39, 0.29) is 17.7 Å². The number of amidine groups is 1. The van der Waals surface area contributed by atoms with Crippen LogP contribution in [0.1, 0.15) is 25.0 Å². The molecule has 1 aliphatic heterocycles. The minimum absolute atomic E-state index is 0.0251. The Morgan fingerprint density at radius 3 is 2.48 bits per heavy atom. The molecule has 0 spiro atoms. The van der Waals surface area contributed by atoms with Crippen molar-refractivity contribution in [3.63, 3.8) is 0 Å². The van der Waals surface area contributed by atoms with E-state index in [4.69, 9.17) is 0 Å². The minimum atomic E-state index is -0.114. The smallest absolute Gasteiger partial charge is 0.266 e. The van der Waals surface area contributed by atoms with Gasteiger partial charge in [-0.05, 0) is 78.8 Å². The second-order valence-electron chi connectivity index (χ2n) is 6.43. The zero-order valence-corrected chi connectivity index (χ0v) is 19.0. The van der Waals surface area contributed by atoms with E-state index in [2.05, 4.69) is 36.9 Å². The topological polar surface area (TPSA) is 52.9 Å². The van der Waals surface area contributed by atoms with Gasteiger partial charge < -0.3 is 5.11 Å². The fourth-order valence-corrected chi connectivity index (χ4v) is 4.96. The molecule has 1 amide bonds. The number of hydrogen-bond donors (Lipinski definition) is 1. The van der Waals surface area contributed by atoms with Gasteiger partial charge in [0.25, 0.3) is 5.91 Å². The zero-order valence-electron chi connectivity index (χ0n) is 15.0. The van der Waals surface area contributed by atoms with Gasteiger partial charge in [0, 0.05) is 16.1 Å². The van der Waals surface area contributed by atoms with Crippen LogP contribution in [0.25, 0.3) is 6.08 Å². The highest BCUT2D eigenvalue weighted by Crippen LogP contribution is 2.39. The van der Waals surface area contributed by atoms with Gasteiger partial charge in [-0.2, -0.15) is 0 Å². The predicted molar refractivity (Wildman–Crippen MR) is 119 cm³/mol. The van der Waals surface area contributed by atoms with Crippen molar-refractivity contribution in [1.82, 2.24) is 4.90 Å². The van der Waals surface area contributed by atoms with Crippen molar-refractivity contribution in [2.75, 3.05) is 0 Å². The number of carbonyl (C=O) groups is 1. The highest BCUT2D eigenvalue weighted by atomic mass is 79.9. The molecule has 140 valence electrons. The van der Waals surface area contributed by atoms with Crippen molar-refractivity contribution in [2.24, 2.45) is 4.99 Å². The fraction of sp³-hybridized carbons (Fsp3) is 0.200. The van der Waals surface area contributed by atoms with Crippen molar-refractivity contribution in [1.29, 1.82) is 0 Å². The maximum Gasteiger partial charge on any atom is 0.266 e. The number of thioether (sulfide) groups is 1. The monoisotopic (exact) mass is 508 g/mol. The average molecular weight is 510 g/mol. The Bertz CT molecular complexity index is 953. The highest BCUT2D eigenvalue weighted by Gasteiger charge is 2.35. The Morgan fingerprint density at radius 1 is 1.19 bits per heavy atom. The molecule has 1 aliphatic rings. The molecule has 0 unspecified atom stereocenters. The first kappa shape index (κ1) is 20.2. The third-order valence-corrected chi connectivity index (χ3v) is 6.00. The minimum Gasteiger partial charge on any atom is -0.506 e. The summed E-state index contributed by atoms with van der Waals surface area (Å²) in [6.07, 6.45) is 1.70. The van der Waals surface area contributed by atoms with Crippen LogP contribution in [0.15, 0.2) is 55.2 Å². The van der Waals surface area contributed by atoms with Crippen molar-refractivity contribution >= 4 is 66.5 Å². The van der Waals surface area contributed by atoms with Crippen molar-refractivity contribution in [3.05, 3.63) is 61.4 Å². The molecule has 1 saturated heterocycles. The molecule has 2 aromatic carbocycles. The third-order valence-electron chi connectivity index (χ3n) is 3.96. The normalized spacial score (nSPS) is 17.6. The Kier molecular flexibility index (Phi) is 6.13. The molecule has 0 aromatic heterocycles. The van der Waals surface area contributed by atoms with Gasteiger partial charge in [-0.15, -0.1) is 0 Å². The SMILES string of the molecule is Cc1ccc(N=C2S/C(=C/c3cc(Br)cc(Br)c3O)C(=O)N2C(C)C)cc1. The summed E-state index contributed by atoms with van der Waals surface area (Å²) in [6, 6.07) is 11.4. The molecule has 27 heavy (non-hydrogen) atoms. The molecule has 0 atom stereocenters. The average Bonchev–Trinajstić information content (AvgIpc) is 2.89. The van der Waals surface area contributed by atoms with Gasteiger partial charge in [-0.3, -0.25) is 9.69 Å². The Labute approximate surface area is 179 Å². The molecule has 3 rings (SSSR count). The first-order valence-corrected chi connectivity index (χ1v) is 10.7. The highest BCUT2D eigenvalue weighted by molar-refractivity contribution is 9.11. The van der Waals surface area contributed by atoms with Crippen LogP contribution >= 0.6 is 43.6 Å². The van der Waals surface area contributed by atoms with Crippen molar-refractivity contribution in [2.45, 2.75) is 26.8 Å². The number of rotatable bonds is 3. The van der Waals surface area contributed by atoms with E-state index in [1.54, 1.807) is 23.1 Å². The van der Waals surface area contributed by atoms with Crippen LogP contribution in [-0.2, 0) is 4.79 Å². The van der Waals surface area contributed by atoms with E-state index in [0.29, 0.717) is 20.1 Å². The predicted octanol–water partition coefficient (Wildman–Crippen LogP) is 6.24. The molecular formula is C20H18Br2N2O2S. The Balaban J connectivity index is 2.02. The summed E-state index contributed by atoms with van der Waals surface area (Å²) >= 11 is 8.05. The molecule has 2 aromatic rings. The largest absolute Gasteiger partial charge is 0.506 e. The van der Waals surface area contributed by atoms with Gasteiger partial charge in [-0.25, -0.2) is 4.99 Å². The lowest BCUT2D eigenvalue weighted by Crippen LogP contribution is -2.35. The number of nitrogens with zero attached hydrogens (tertiary/aromatic N) is 2. The second kappa shape index (κ2) is 8.20. The third kappa shape index (κ3) is 4.47. The number of aliphatic imine (C=N–C) groups is 1. The number of amides is 1. The first-order valence-electron chi connectivity index (χ1n) is 8.32. The number of phenolic OH excluding ortho intramolecular Hbond substituents is 1. The lowest BCUT2D eigenvalue weighted by Gasteiger charge is -2.19. The summed E-state index contributed by atoms with van der Waals surface area (Å²) in [5.74, 6) is -0.0181. The van der Waals surface area contributed by atoms with E-state index >= 15 is 0 Å². The quantitative estimate of drug-likeness (QED) is 0.498. The van der Waals surface area contributed by atoms with Gasteiger partial charge in [0.05, 0.1) is 15.1 Å². The van der Waals surface area contributed by atoms with Crippen LogP contribution in [0.4, 0.5) is 5.69 Å². The molecule has 0 bridgehead atoms. The van der Waals surface area contributed by atoms with E-state index in [0.717, 1.165) is 15.7 Å². The van der Waals surface area contributed by atoms with Crippen LogP contribution in [0, 0.1) is 6.92 Å². The number of halogens is 2. The summed E-state index contributed by atoms with van der Waals surface area (Å²) in [5, 5.41) is 10.9. The fourth-order valence-electron chi connectivity index (χ4n) is 2.59. The van der Waals surface area contributed by atoms with Crippen LogP contribution in [0.3, 0.4) is 0 Å². The van der Waals surface area contributed by atoms with Crippen molar-refractivity contribution < 1.29 is 9.90 Å². The molecule has 4 nitrogen and oxygen atoms in total. The molecule has 0 aliphatic carbocycles. The summed E-state index contributed by atoms with van der Waals surface area (Å²) < 4.78 is 1.37. The van der Waals surface area contributed by atoms with E-state index in [9.17, 15) is 9.90 Å². The number of phenols is 1. The summed E-state index contributed by atoms with van der Waals surface area (Å²) in [6.45, 7) is 5.94. The lowest BCUT2D eigenvalue weighted by molar-refractivity contribution is -0.123.